The van der Waals surface area contributed by atoms with Gasteiger partial charge in [0.1, 0.15) is 0 Å². The zero-order chi connectivity index (χ0) is 16.2. The Morgan fingerprint density at radius 1 is 1.09 bits per heavy atom. The van der Waals surface area contributed by atoms with Gasteiger partial charge in [-0.1, -0.05) is 0 Å². The highest BCUT2D eigenvalue weighted by atomic mass is 16.1. The SMILES string of the molecule is Cc1cnccc1C(=O)Nc1ccc(N2CCN(C)CC2)cc1. The summed E-state index contributed by atoms with van der Waals surface area (Å²) < 4.78 is 0. The molecule has 0 atom stereocenters. The van der Waals surface area contributed by atoms with Crippen LogP contribution in [0.2, 0.25) is 0 Å². The average molecular weight is 310 g/mol. The Balaban J connectivity index is 1.66. The number of anilines is 2. The number of nitrogens with one attached hydrogen (secondary N) is 1. The van der Waals surface area contributed by atoms with Crippen molar-refractivity contribution in [3.8, 4) is 0 Å². The van der Waals surface area contributed by atoms with E-state index in [2.05, 4.69) is 39.3 Å². The molecule has 1 amide bonds. The molecule has 1 fully saturated rings. The third kappa shape index (κ3) is 3.68. The van der Waals surface area contributed by atoms with Gasteiger partial charge in [-0.2, -0.15) is 0 Å². The summed E-state index contributed by atoms with van der Waals surface area (Å²) in [5, 5.41) is 2.94. The van der Waals surface area contributed by atoms with E-state index in [1.54, 1.807) is 18.5 Å². The highest BCUT2D eigenvalue weighted by molar-refractivity contribution is 6.05. The molecule has 2 heterocycles. The number of carbonyl (C=O) groups is 1. The molecular formula is C18H22N4O. The van der Waals surface area contributed by atoms with E-state index in [4.69, 9.17) is 0 Å². The number of rotatable bonds is 3. The van der Waals surface area contributed by atoms with Crippen LogP contribution in [0.4, 0.5) is 11.4 Å². The smallest absolute Gasteiger partial charge is 0.256 e. The molecule has 5 nitrogen and oxygen atoms in total. The van der Waals surface area contributed by atoms with E-state index in [-0.39, 0.29) is 5.91 Å². The molecule has 2 aromatic rings. The van der Waals surface area contributed by atoms with E-state index >= 15 is 0 Å². The largest absolute Gasteiger partial charge is 0.369 e. The fourth-order valence-corrected chi connectivity index (χ4v) is 2.75. The zero-order valence-electron chi connectivity index (χ0n) is 13.6. The first-order valence-electron chi connectivity index (χ1n) is 7.89. The lowest BCUT2D eigenvalue weighted by Crippen LogP contribution is -2.44. The second-order valence-corrected chi connectivity index (χ2v) is 5.98. The summed E-state index contributed by atoms with van der Waals surface area (Å²) >= 11 is 0. The molecule has 0 aliphatic carbocycles. The number of aromatic nitrogens is 1. The number of piperazine rings is 1. The highest BCUT2D eigenvalue weighted by Gasteiger charge is 2.14. The molecule has 0 unspecified atom stereocenters. The van der Waals surface area contributed by atoms with E-state index in [0.29, 0.717) is 5.56 Å². The number of carbonyl (C=O) groups excluding carboxylic acids is 1. The highest BCUT2D eigenvalue weighted by Crippen LogP contribution is 2.20. The van der Waals surface area contributed by atoms with Crippen LogP contribution in [-0.2, 0) is 0 Å². The van der Waals surface area contributed by atoms with E-state index in [9.17, 15) is 4.79 Å². The first kappa shape index (κ1) is 15.5. The van der Waals surface area contributed by atoms with Gasteiger partial charge in [-0.15, -0.1) is 0 Å². The lowest BCUT2D eigenvalue weighted by atomic mass is 10.1. The van der Waals surface area contributed by atoms with Crippen molar-refractivity contribution in [2.75, 3.05) is 43.4 Å². The van der Waals surface area contributed by atoms with Crippen LogP contribution in [0.1, 0.15) is 15.9 Å². The van der Waals surface area contributed by atoms with Crippen LogP contribution in [0.15, 0.2) is 42.7 Å². The van der Waals surface area contributed by atoms with Gasteiger partial charge in [0.2, 0.25) is 0 Å². The van der Waals surface area contributed by atoms with Gasteiger partial charge in [0.25, 0.3) is 5.91 Å². The second-order valence-electron chi connectivity index (χ2n) is 5.98. The molecule has 0 bridgehead atoms. The summed E-state index contributed by atoms with van der Waals surface area (Å²) in [5.41, 5.74) is 3.54. The monoisotopic (exact) mass is 310 g/mol. The van der Waals surface area contributed by atoms with Gasteiger partial charge in [-0.05, 0) is 49.9 Å². The lowest BCUT2D eigenvalue weighted by Gasteiger charge is -2.34. The maximum absolute atomic E-state index is 12.3. The normalized spacial score (nSPS) is 15.5. The molecule has 1 aliphatic heterocycles. The molecule has 1 saturated heterocycles. The summed E-state index contributed by atoms with van der Waals surface area (Å²) in [5.74, 6) is -0.0998. The third-order valence-corrected chi connectivity index (χ3v) is 4.26. The summed E-state index contributed by atoms with van der Waals surface area (Å²) in [6.45, 7) is 6.13. The zero-order valence-corrected chi connectivity index (χ0v) is 13.6. The minimum Gasteiger partial charge on any atom is -0.369 e. The Labute approximate surface area is 136 Å². The van der Waals surface area contributed by atoms with Crippen LogP contribution in [0.5, 0.6) is 0 Å². The lowest BCUT2D eigenvalue weighted by molar-refractivity contribution is 0.102. The van der Waals surface area contributed by atoms with Crippen LogP contribution in [-0.4, -0.2) is 49.0 Å². The number of pyridine rings is 1. The van der Waals surface area contributed by atoms with Crippen molar-refractivity contribution in [1.29, 1.82) is 0 Å². The number of amides is 1. The Hall–Kier alpha value is -2.40. The predicted molar refractivity (Wildman–Crippen MR) is 93.1 cm³/mol. The maximum atomic E-state index is 12.3. The first-order valence-corrected chi connectivity index (χ1v) is 7.89. The van der Waals surface area contributed by atoms with Crippen LogP contribution in [0.25, 0.3) is 0 Å². The standard InChI is InChI=1S/C18H22N4O/c1-14-13-19-8-7-17(14)18(23)20-15-3-5-16(6-4-15)22-11-9-21(2)10-12-22/h3-8,13H,9-12H2,1-2H3,(H,20,23). The first-order chi connectivity index (χ1) is 11.1. The average Bonchev–Trinajstić information content (AvgIpc) is 2.57. The number of hydrogen-bond acceptors (Lipinski definition) is 4. The predicted octanol–water partition coefficient (Wildman–Crippen LogP) is 2.39. The van der Waals surface area contributed by atoms with Gasteiger partial charge in [-0.3, -0.25) is 9.78 Å². The van der Waals surface area contributed by atoms with Crippen molar-refractivity contribution in [3.63, 3.8) is 0 Å². The van der Waals surface area contributed by atoms with Crippen molar-refractivity contribution < 1.29 is 4.79 Å². The molecule has 3 rings (SSSR count). The number of benzene rings is 1. The van der Waals surface area contributed by atoms with Crippen LogP contribution < -0.4 is 10.2 Å². The fraction of sp³-hybridized carbons (Fsp3) is 0.333. The van der Waals surface area contributed by atoms with Crippen molar-refractivity contribution in [3.05, 3.63) is 53.9 Å². The van der Waals surface area contributed by atoms with Gasteiger partial charge in [0.05, 0.1) is 0 Å². The van der Waals surface area contributed by atoms with Crippen molar-refractivity contribution >= 4 is 17.3 Å². The number of likely N-dealkylation sites (N-methyl/N-ethyl adjacent to an activating group) is 1. The van der Waals surface area contributed by atoms with E-state index in [1.807, 2.05) is 19.1 Å². The van der Waals surface area contributed by atoms with E-state index in [0.717, 1.165) is 37.4 Å². The molecule has 1 aliphatic rings. The van der Waals surface area contributed by atoms with Crippen molar-refractivity contribution in [2.45, 2.75) is 6.92 Å². The third-order valence-electron chi connectivity index (χ3n) is 4.26. The Bertz CT molecular complexity index is 676. The molecule has 1 aromatic carbocycles. The molecule has 1 N–H and O–H groups in total. The molecule has 120 valence electrons. The Morgan fingerprint density at radius 3 is 2.43 bits per heavy atom. The van der Waals surface area contributed by atoms with Crippen LogP contribution in [0, 0.1) is 6.92 Å². The number of hydrogen-bond donors (Lipinski definition) is 1. The van der Waals surface area contributed by atoms with E-state index in [1.165, 1.54) is 5.69 Å². The Kier molecular flexibility index (Phi) is 4.57. The number of nitrogens with zero attached hydrogens (tertiary/aromatic N) is 3. The fourth-order valence-electron chi connectivity index (χ4n) is 2.75. The molecule has 23 heavy (non-hydrogen) atoms. The molecule has 0 saturated carbocycles. The molecule has 0 radical (unpaired) electrons. The van der Waals surface area contributed by atoms with Crippen LogP contribution >= 0.6 is 0 Å². The second kappa shape index (κ2) is 6.79. The van der Waals surface area contributed by atoms with Gasteiger partial charge in [-0.25, -0.2) is 0 Å². The summed E-state index contributed by atoms with van der Waals surface area (Å²) in [4.78, 5) is 21.0. The minimum absolute atomic E-state index is 0.0998. The van der Waals surface area contributed by atoms with Gasteiger partial charge >= 0.3 is 0 Å². The van der Waals surface area contributed by atoms with Crippen molar-refractivity contribution in [1.82, 2.24) is 9.88 Å². The van der Waals surface area contributed by atoms with Gasteiger partial charge in [0, 0.05) is 55.5 Å². The molecule has 5 heteroatoms. The molecular weight excluding hydrogens is 288 g/mol. The quantitative estimate of drug-likeness (QED) is 0.946. The summed E-state index contributed by atoms with van der Waals surface area (Å²) in [6, 6.07) is 9.80. The summed E-state index contributed by atoms with van der Waals surface area (Å²) in [7, 11) is 2.15. The van der Waals surface area contributed by atoms with Crippen molar-refractivity contribution in [2.24, 2.45) is 0 Å². The topological polar surface area (TPSA) is 48.5 Å². The maximum Gasteiger partial charge on any atom is 0.256 e. The van der Waals surface area contributed by atoms with Gasteiger partial charge in [0.15, 0.2) is 0 Å². The Morgan fingerprint density at radius 2 is 1.78 bits per heavy atom. The summed E-state index contributed by atoms with van der Waals surface area (Å²) in [6.07, 6.45) is 3.34. The molecule has 0 spiro atoms. The van der Waals surface area contributed by atoms with E-state index < -0.39 is 0 Å². The minimum atomic E-state index is -0.0998. The number of aryl methyl sites for hydroxylation is 1. The van der Waals surface area contributed by atoms with Crippen LogP contribution in [0.3, 0.4) is 0 Å². The molecule has 1 aromatic heterocycles. The van der Waals surface area contributed by atoms with Gasteiger partial charge < -0.3 is 15.1 Å².